The summed E-state index contributed by atoms with van der Waals surface area (Å²) in [5.41, 5.74) is 0. The van der Waals surface area contributed by atoms with E-state index < -0.39 is 10.0 Å². The SMILES string of the molecule is Cc1sc(CO)cc1S(=O)(=O)N(C)Cc1ccco1. The minimum absolute atomic E-state index is 0.150. The van der Waals surface area contributed by atoms with Crippen molar-refractivity contribution in [3.8, 4) is 0 Å². The fourth-order valence-electron chi connectivity index (χ4n) is 1.73. The molecule has 0 saturated heterocycles. The van der Waals surface area contributed by atoms with Crippen LogP contribution in [0, 0.1) is 6.92 Å². The van der Waals surface area contributed by atoms with Gasteiger partial charge in [-0.3, -0.25) is 0 Å². The summed E-state index contributed by atoms with van der Waals surface area (Å²) >= 11 is 1.29. The van der Waals surface area contributed by atoms with E-state index in [0.717, 1.165) is 0 Å². The van der Waals surface area contributed by atoms with E-state index in [1.54, 1.807) is 19.1 Å². The second-order valence-corrected chi connectivity index (χ2v) is 7.49. The Balaban J connectivity index is 2.28. The van der Waals surface area contributed by atoms with Crippen molar-refractivity contribution in [2.24, 2.45) is 0 Å². The van der Waals surface area contributed by atoms with Gasteiger partial charge in [-0.05, 0) is 25.1 Å². The maximum Gasteiger partial charge on any atom is 0.244 e. The van der Waals surface area contributed by atoms with E-state index in [-0.39, 0.29) is 18.0 Å². The van der Waals surface area contributed by atoms with E-state index in [2.05, 4.69) is 0 Å². The molecule has 0 bridgehead atoms. The van der Waals surface area contributed by atoms with Crippen LogP contribution in [0.4, 0.5) is 0 Å². The summed E-state index contributed by atoms with van der Waals surface area (Å²) in [5, 5.41) is 9.07. The first-order valence-electron chi connectivity index (χ1n) is 5.64. The normalized spacial score (nSPS) is 12.2. The van der Waals surface area contributed by atoms with Gasteiger partial charge in [0, 0.05) is 16.8 Å². The third kappa shape index (κ3) is 2.89. The van der Waals surface area contributed by atoms with Gasteiger partial charge in [0.05, 0.1) is 24.3 Å². The van der Waals surface area contributed by atoms with Gasteiger partial charge in [-0.1, -0.05) is 0 Å². The highest BCUT2D eigenvalue weighted by atomic mass is 32.2. The molecule has 2 aromatic heterocycles. The highest BCUT2D eigenvalue weighted by molar-refractivity contribution is 7.89. The molecule has 0 aliphatic rings. The molecule has 0 fully saturated rings. The molecule has 2 aromatic rings. The molecule has 104 valence electrons. The molecule has 7 heteroatoms. The Hall–Kier alpha value is -1.15. The molecule has 19 heavy (non-hydrogen) atoms. The Morgan fingerprint density at radius 1 is 1.47 bits per heavy atom. The van der Waals surface area contributed by atoms with E-state index in [0.29, 0.717) is 15.5 Å². The smallest absolute Gasteiger partial charge is 0.244 e. The molecular formula is C12H15NO4S2. The second-order valence-electron chi connectivity index (χ2n) is 4.13. The summed E-state index contributed by atoms with van der Waals surface area (Å²) in [7, 11) is -2.05. The van der Waals surface area contributed by atoms with Gasteiger partial charge in [0.1, 0.15) is 5.76 Å². The van der Waals surface area contributed by atoms with Crippen LogP contribution in [0.2, 0.25) is 0 Å². The number of rotatable bonds is 5. The molecule has 0 atom stereocenters. The zero-order chi connectivity index (χ0) is 14.0. The molecule has 2 rings (SSSR count). The average Bonchev–Trinajstić information content (AvgIpc) is 2.98. The third-order valence-corrected chi connectivity index (χ3v) is 5.82. The lowest BCUT2D eigenvalue weighted by molar-refractivity contribution is 0.285. The summed E-state index contributed by atoms with van der Waals surface area (Å²) in [5.74, 6) is 0.585. The Bertz CT molecular complexity index is 643. The molecule has 0 amide bonds. The number of aryl methyl sites for hydroxylation is 1. The maximum absolute atomic E-state index is 12.4. The summed E-state index contributed by atoms with van der Waals surface area (Å²) in [4.78, 5) is 1.56. The fourth-order valence-corrected chi connectivity index (χ4v) is 4.33. The number of aliphatic hydroxyl groups is 1. The van der Waals surface area contributed by atoms with Gasteiger partial charge >= 0.3 is 0 Å². The van der Waals surface area contributed by atoms with E-state index >= 15 is 0 Å². The van der Waals surface area contributed by atoms with Crippen molar-refractivity contribution in [2.45, 2.75) is 25.0 Å². The number of hydrogen-bond acceptors (Lipinski definition) is 5. The van der Waals surface area contributed by atoms with Crippen molar-refractivity contribution >= 4 is 21.4 Å². The summed E-state index contributed by atoms with van der Waals surface area (Å²) in [6.45, 7) is 1.76. The van der Waals surface area contributed by atoms with Crippen molar-refractivity contribution in [2.75, 3.05) is 7.05 Å². The minimum atomic E-state index is -3.56. The van der Waals surface area contributed by atoms with Crippen LogP contribution < -0.4 is 0 Å². The monoisotopic (exact) mass is 301 g/mol. The van der Waals surface area contributed by atoms with Gasteiger partial charge in [-0.15, -0.1) is 11.3 Å². The highest BCUT2D eigenvalue weighted by Crippen LogP contribution is 2.28. The first-order chi connectivity index (χ1) is 8.95. The first kappa shape index (κ1) is 14.3. The molecular weight excluding hydrogens is 286 g/mol. The zero-order valence-corrected chi connectivity index (χ0v) is 12.3. The van der Waals surface area contributed by atoms with Crippen LogP contribution in [0.1, 0.15) is 15.5 Å². The van der Waals surface area contributed by atoms with E-state index in [9.17, 15) is 8.42 Å². The lowest BCUT2D eigenvalue weighted by atomic mass is 10.4. The van der Waals surface area contributed by atoms with Crippen molar-refractivity contribution in [1.29, 1.82) is 0 Å². The molecule has 0 spiro atoms. The second kappa shape index (κ2) is 5.46. The van der Waals surface area contributed by atoms with Crippen LogP contribution in [0.25, 0.3) is 0 Å². The molecule has 0 unspecified atom stereocenters. The molecule has 1 N–H and O–H groups in total. The highest BCUT2D eigenvalue weighted by Gasteiger charge is 2.25. The minimum Gasteiger partial charge on any atom is -0.468 e. The average molecular weight is 301 g/mol. The number of nitrogens with zero attached hydrogens (tertiary/aromatic N) is 1. The van der Waals surface area contributed by atoms with Crippen molar-refractivity contribution < 1.29 is 17.9 Å². The van der Waals surface area contributed by atoms with Gasteiger partial charge in [-0.2, -0.15) is 4.31 Å². The third-order valence-electron chi connectivity index (χ3n) is 2.73. The molecule has 0 saturated carbocycles. The predicted octanol–water partition coefficient (Wildman–Crippen LogP) is 1.96. The van der Waals surface area contributed by atoms with Crippen molar-refractivity contribution in [3.05, 3.63) is 40.0 Å². The quantitative estimate of drug-likeness (QED) is 0.916. The molecule has 0 aliphatic carbocycles. The van der Waals surface area contributed by atoms with Crippen LogP contribution in [-0.4, -0.2) is 24.9 Å². The molecule has 2 heterocycles. The Morgan fingerprint density at radius 2 is 2.21 bits per heavy atom. The first-order valence-corrected chi connectivity index (χ1v) is 7.89. The Kier molecular flexibility index (Phi) is 4.10. The van der Waals surface area contributed by atoms with Gasteiger partial charge in [-0.25, -0.2) is 8.42 Å². The summed E-state index contributed by atoms with van der Waals surface area (Å²) < 4.78 is 31.2. The standard InChI is InChI=1S/C12H15NO4S2/c1-9-12(6-11(8-14)18-9)19(15,16)13(2)7-10-4-3-5-17-10/h3-6,14H,7-8H2,1-2H3. The van der Waals surface area contributed by atoms with Gasteiger partial charge in [0.2, 0.25) is 10.0 Å². The number of thiophene rings is 1. The van der Waals surface area contributed by atoms with Crippen LogP contribution in [0.15, 0.2) is 33.8 Å². The Morgan fingerprint density at radius 3 is 2.74 bits per heavy atom. The number of aliphatic hydroxyl groups excluding tert-OH is 1. The number of hydrogen-bond donors (Lipinski definition) is 1. The summed E-state index contributed by atoms with van der Waals surface area (Å²) in [6.07, 6.45) is 1.51. The predicted molar refractivity (Wildman–Crippen MR) is 72.3 cm³/mol. The van der Waals surface area contributed by atoms with Gasteiger partial charge in [0.15, 0.2) is 0 Å². The van der Waals surface area contributed by atoms with Gasteiger partial charge < -0.3 is 9.52 Å². The van der Waals surface area contributed by atoms with Crippen LogP contribution in [0.3, 0.4) is 0 Å². The molecule has 5 nitrogen and oxygen atoms in total. The number of furan rings is 1. The largest absolute Gasteiger partial charge is 0.468 e. The number of sulfonamides is 1. The fraction of sp³-hybridized carbons (Fsp3) is 0.333. The maximum atomic E-state index is 12.4. The lowest BCUT2D eigenvalue weighted by Crippen LogP contribution is -2.26. The topological polar surface area (TPSA) is 70.8 Å². The van der Waals surface area contributed by atoms with Crippen LogP contribution in [0.5, 0.6) is 0 Å². The zero-order valence-electron chi connectivity index (χ0n) is 10.7. The molecule has 0 radical (unpaired) electrons. The van der Waals surface area contributed by atoms with Crippen LogP contribution >= 0.6 is 11.3 Å². The van der Waals surface area contributed by atoms with E-state index in [1.807, 2.05) is 0 Å². The van der Waals surface area contributed by atoms with Crippen molar-refractivity contribution in [3.63, 3.8) is 0 Å². The van der Waals surface area contributed by atoms with Crippen LogP contribution in [-0.2, 0) is 23.2 Å². The summed E-state index contributed by atoms with van der Waals surface area (Å²) in [6, 6.07) is 4.97. The lowest BCUT2D eigenvalue weighted by Gasteiger charge is -2.15. The van der Waals surface area contributed by atoms with Gasteiger partial charge in [0.25, 0.3) is 0 Å². The van der Waals surface area contributed by atoms with Crippen molar-refractivity contribution in [1.82, 2.24) is 4.31 Å². The molecule has 0 aliphatic heterocycles. The van der Waals surface area contributed by atoms with E-state index in [1.165, 1.54) is 35.0 Å². The molecule has 0 aromatic carbocycles. The van der Waals surface area contributed by atoms with E-state index in [4.69, 9.17) is 9.52 Å². The Labute approximate surface area is 116 Å².